The highest BCUT2D eigenvalue weighted by Crippen LogP contribution is 2.48. The summed E-state index contributed by atoms with van der Waals surface area (Å²) in [7, 11) is 0. The molecule has 2 aromatic heterocycles. The minimum Gasteiger partial charge on any atom is -0.367 e. The maximum Gasteiger partial charge on any atom is 0.224 e. The van der Waals surface area contributed by atoms with Gasteiger partial charge in [0.2, 0.25) is 12.3 Å². The summed E-state index contributed by atoms with van der Waals surface area (Å²) in [6, 6.07) is 6.56. The monoisotopic (exact) mass is 392 g/mol. The summed E-state index contributed by atoms with van der Waals surface area (Å²) in [4.78, 5) is 37.9. The number of aromatic nitrogens is 2. The second-order valence-corrected chi connectivity index (χ2v) is 8.42. The average molecular weight is 392 g/mol. The number of hydrogen-bond donors (Lipinski definition) is 1. The van der Waals surface area contributed by atoms with Gasteiger partial charge >= 0.3 is 0 Å². The Bertz CT molecular complexity index is 992. The quantitative estimate of drug-likeness (QED) is 0.759. The van der Waals surface area contributed by atoms with E-state index in [9.17, 15) is 14.9 Å². The molecule has 0 spiro atoms. The van der Waals surface area contributed by atoms with Crippen molar-refractivity contribution in [3.05, 3.63) is 18.3 Å². The van der Waals surface area contributed by atoms with Crippen molar-refractivity contribution in [3.63, 3.8) is 0 Å². The summed E-state index contributed by atoms with van der Waals surface area (Å²) in [5.74, 6) is 0.766. The van der Waals surface area contributed by atoms with E-state index in [2.05, 4.69) is 20.9 Å². The van der Waals surface area contributed by atoms with E-state index in [1.165, 1.54) is 0 Å². The number of fused-ring (bicyclic) bond motifs is 1. The summed E-state index contributed by atoms with van der Waals surface area (Å²) < 4.78 is 0. The number of carbonyl (C=O) groups is 2. The first-order valence-electron chi connectivity index (χ1n) is 10.3. The zero-order valence-electron chi connectivity index (χ0n) is 16.3. The van der Waals surface area contributed by atoms with Crippen molar-refractivity contribution < 1.29 is 9.59 Å². The van der Waals surface area contributed by atoms with Crippen LogP contribution in [-0.4, -0.2) is 59.4 Å². The Morgan fingerprint density at radius 2 is 2.10 bits per heavy atom. The Kier molecular flexibility index (Phi) is 4.19. The smallest absolute Gasteiger partial charge is 0.224 e. The predicted molar refractivity (Wildman–Crippen MR) is 108 cm³/mol. The second-order valence-electron chi connectivity index (χ2n) is 8.42. The molecule has 1 saturated heterocycles. The maximum atomic E-state index is 12.6. The molecule has 0 bridgehead atoms. The van der Waals surface area contributed by atoms with Crippen molar-refractivity contribution in [1.29, 1.82) is 5.26 Å². The van der Waals surface area contributed by atoms with Crippen LogP contribution in [0, 0.1) is 16.7 Å². The highest BCUT2D eigenvalue weighted by atomic mass is 16.2. The lowest BCUT2D eigenvalue weighted by Gasteiger charge is -2.37. The normalized spacial score (nSPS) is 20.4. The number of nitrogens with zero attached hydrogens (tertiary/aromatic N) is 5. The molecule has 29 heavy (non-hydrogen) atoms. The Balaban J connectivity index is 1.34. The average Bonchev–Trinajstić information content (AvgIpc) is 3.67. The van der Waals surface area contributed by atoms with Gasteiger partial charge in [-0.05, 0) is 31.7 Å². The number of rotatable bonds is 6. The number of hydrogen-bond acceptors (Lipinski definition) is 5. The number of amides is 2. The molecule has 8 heteroatoms. The van der Waals surface area contributed by atoms with Crippen molar-refractivity contribution >= 4 is 34.9 Å². The fourth-order valence-electron chi connectivity index (χ4n) is 4.16. The van der Waals surface area contributed by atoms with E-state index in [1.807, 2.05) is 23.2 Å². The van der Waals surface area contributed by atoms with Gasteiger partial charge in [-0.2, -0.15) is 5.26 Å². The third kappa shape index (κ3) is 3.31. The van der Waals surface area contributed by atoms with Crippen LogP contribution >= 0.6 is 0 Å². The number of H-pyrrole nitrogens is 1. The Hall–Kier alpha value is -3.08. The summed E-state index contributed by atoms with van der Waals surface area (Å²) in [6.07, 6.45) is 6.80. The van der Waals surface area contributed by atoms with E-state index >= 15 is 0 Å². The number of aromatic amines is 1. The fraction of sp³-hybridized carbons (Fsp3) is 0.524. The first kappa shape index (κ1) is 18.0. The van der Waals surface area contributed by atoms with Crippen LogP contribution in [0.5, 0.6) is 0 Å². The van der Waals surface area contributed by atoms with Crippen molar-refractivity contribution in [2.45, 2.75) is 38.1 Å². The molecule has 3 fully saturated rings. The molecular formula is C21H24N6O2. The van der Waals surface area contributed by atoms with Gasteiger partial charge < -0.3 is 14.8 Å². The minimum atomic E-state index is -0.396. The summed E-state index contributed by atoms with van der Waals surface area (Å²) >= 11 is 0. The molecular weight excluding hydrogens is 368 g/mol. The molecule has 8 nitrogen and oxygen atoms in total. The van der Waals surface area contributed by atoms with Crippen LogP contribution in [0.3, 0.4) is 0 Å². The number of piperazine rings is 1. The largest absolute Gasteiger partial charge is 0.367 e. The number of nitriles is 1. The molecule has 1 N–H and O–H groups in total. The number of nitrogens with one attached hydrogen (secondary N) is 1. The third-order valence-electron chi connectivity index (χ3n) is 6.37. The van der Waals surface area contributed by atoms with Crippen LogP contribution in [0.2, 0.25) is 0 Å². The highest BCUT2D eigenvalue weighted by Gasteiger charge is 2.45. The lowest BCUT2D eigenvalue weighted by atomic mass is 10.0. The summed E-state index contributed by atoms with van der Waals surface area (Å²) in [6.45, 7) is 2.73. The van der Waals surface area contributed by atoms with Crippen LogP contribution in [0.15, 0.2) is 18.3 Å². The van der Waals surface area contributed by atoms with E-state index in [1.54, 1.807) is 4.90 Å². The van der Waals surface area contributed by atoms with E-state index < -0.39 is 5.41 Å². The van der Waals surface area contributed by atoms with Gasteiger partial charge in [0.05, 0.1) is 17.2 Å². The van der Waals surface area contributed by atoms with Crippen LogP contribution in [0.4, 0.5) is 11.5 Å². The zero-order chi connectivity index (χ0) is 20.0. The van der Waals surface area contributed by atoms with Gasteiger partial charge in [-0.15, -0.1) is 0 Å². The molecule has 2 aliphatic carbocycles. The van der Waals surface area contributed by atoms with E-state index in [0.29, 0.717) is 25.3 Å². The van der Waals surface area contributed by atoms with E-state index in [-0.39, 0.29) is 11.9 Å². The molecule has 0 aromatic carbocycles. The molecule has 0 atom stereocenters. The minimum absolute atomic E-state index is 0.0896. The Labute approximate surface area is 169 Å². The molecule has 2 amide bonds. The van der Waals surface area contributed by atoms with Gasteiger partial charge in [0.25, 0.3) is 0 Å². The first-order chi connectivity index (χ1) is 14.1. The first-order valence-corrected chi connectivity index (χ1v) is 10.3. The molecule has 0 unspecified atom stereocenters. The van der Waals surface area contributed by atoms with Crippen molar-refractivity contribution in [2.24, 2.45) is 5.41 Å². The Morgan fingerprint density at radius 1 is 1.34 bits per heavy atom. The standard InChI is InChI=1S/C21H24N6O2/c22-13-21(4-5-21)12-19(29)26-9-7-25(8-10-26)17-11-18(27(14-28)15-1-2-15)24-20-16(17)3-6-23-20/h3,6,11,14-15H,1-2,4-5,7-10,12H2,(H,23,24). The number of anilines is 2. The fourth-order valence-corrected chi connectivity index (χ4v) is 4.16. The van der Waals surface area contributed by atoms with E-state index in [4.69, 9.17) is 0 Å². The molecule has 150 valence electrons. The Morgan fingerprint density at radius 3 is 2.72 bits per heavy atom. The highest BCUT2D eigenvalue weighted by molar-refractivity contribution is 5.93. The molecule has 2 saturated carbocycles. The van der Waals surface area contributed by atoms with Gasteiger partial charge in [0.1, 0.15) is 11.5 Å². The number of carbonyl (C=O) groups excluding carboxylic acids is 2. The zero-order valence-corrected chi connectivity index (χ0v) is 16.3. The van der Waals surface area contributed by atoms with Crippen LogP contribution in [0.1, 0.15) is 32.1 Å². The molecule has 5 rings (SSSR count). The van der Waals surface area contributed by atoms with Crippen LogP contribution in [0.25, 0.3) is 11.0 Å². The third-order valence-corrected chi connectivity index (χ3v) is 6.37. The van der Waals surface area contributed by atoms with E-state index in [0.717, 1.165) is 61.9 Å². The summed E-state index contributed by atoms with van der Waals surface area (Å²) in [5.41, 5.74) is 1.42. The van der Waals surface area contributed by atoms with Gasteiger partial charge in [0.15, 0.2) is 0 Å². The summed E-state index contributed by atoms with van der Waals surface area (Å²) in [5, 5.41) is 10.3. The van der Waals surface area contributed by atoms with Crippen LogP contribution < -0.4 is 9.80 Å². The lowest BCUT2D eigenvalue weighted by molar-refractivity contribution is -0.132. The second kappa shape index (κ2) is 6.76. The maximum absolute atomic E-state index is 12.6. The van der Waals surface area contributed by atoms with Crippen LogP contribution in [-0.2, 0) is 9.59 Å². The van der Waals surface area contributed by atoms with Gasteiger partial charge in [-0.1, -0.05) is 0 Å². The molecule has 3 heterocycles. The molecule has 1 aliphatic heterocycles. The molecule has 3 aliphatic rings. The SMILES string of the molecule is N#CC1(CC(=O)N2CCN(c3cc(N(C=O)C4CC4)nc4[nH]ccc34)CC2)CC1. The lowest BCUT2D eigenvalue weighted by Crippen LogP contribution is -2.49. The topological polar surface area (TPSA) is 96.3 Å². The van der Waals surface area contributed by atoms with Gasteiger partial charge in [-0.3, -0.25) is 14.5 Å². The number of pyridine rings is 1. The van der Waals surface area contributed by atoms with Crippen molar-refractivity contribution in [2.75, 3.05) is 36.0 Å². The molecule has 0 radical (unpaired) electrons. The van der Waals surface area contributed by atoms with Gasteiger partial charge in [0, 0.05) is 56.3 Å². The van der Waals surface area contributed by atoms with Crippen molar-refractivity contribution in [3.8, 4) is 6.07 Å². The predicted octanol–water partition coefficient (Wildman–Crippen LogP) is 2.03. The van der Waals surface area contributed by atoms with Crippen molar-refractivity contribution in [1.82, 2.24) is 14.9 Å². The van der Waals surface area contributed by atoms with Gasteiger partial charge in [-0.25, -0.2) is 4.98 Å². The molecule has 2 aromatic rings.